The lowest BCUT2D eigenvalue weighted by Crippen LogP contribution is -2.22. The Morgan fingerprint density at radius 3 is 2.75 bits per heavy atom. The average molecular weight is 289 g/mol. The molecular formula is C18H27NS. The maximum absolute atomic E-state index is 3.74. The van der Waals surface area contributed by atoms with Crippen LogP contribution >= 0.6 is 11.3 Å². The van der Waals surface area contributed by atoms with Crippen LogP contribution in [0.5, 0.6) is 0 Å². The van der Waals surface area contributed by atoms with E-state index in [2.05, 4.69) is 35.7 Å². The topological polar surface area (TPSA) is 12.0 Å². The standard InChI is InChI=1S/C18H27NS/c1-2-19-18(14-9-5-3-6-10-14)17-13-15-11-7-4-8-12-16(15)20-17/h9,13,18-19H,2-8,10-12H2,1H3. The first kappa shape index (κ1) is 14.3. The molecule has 0 amide bonds. The molecule has 3 rings (SSSR count). The number of hydrogen-bond donors (Lipinski definition) is 1. The van der Waals surface area contributed by atoms with E-state index in [0.717, 1.165) is 6.54 Å². The molecule has 0 spiro atoms. The average Bonchev–Trinajstić information content (AvgIpc) is 2.76. The van der Waals surface area contributed by atoms with Gasteiger partial charge in [0.05, 0.1) is 6.04 Å². The number of likely N-dealkylation sites (N-methyl/N-ethyl adjacent to an activating group) is 1. The predicted molar refractivity (Wildman–Crippen MR) is 88.5 cm³/mol. The minimum atomic E-state index is 0.497. The van der Waals surface area contributed by atoms with Crippen molar-refractivity contribution in [1.29, 1.82) is 0 Å². The van der Waals surface area contributed by atoms with Crippen molar-refractivity contribution < 1.29 is 0 Å². The van der Waals surface area contributed by atoms with Gasteiger partial charge in [0.1, 0.15) is 0 Å². The third kappa shape index (κ3) is 3.17. The van der Waals surface area contributed by atoms with Crippen molar-refractivity contribution in [2.75, 3.05) is 6.54 Å². The summed E-state index contributed by atoms with van der Waals surface area (Å²) in [4.78, 5) is 3.25. The zero-order chi connectivity index (χ0) is 13.8. The van der Waals surface area contributed by atoms with Crippen LogP contribution in [-0.4, -0.2) is 6.54 Å². The molecule has 1 atom stereocenters. The fourth-order valence-corrected chi connectivity index (χ4v) is 4.95. The number of thiophene rings is 1. The fraction of sp³-hybridized carbons (Fsp3) is 0.667. The van der Waals surface area contributed by atoms with Crippen LogP contribution in [0.25, 0.3) is 0 Å². The van der Waals surface area contributed by atoms with Crippen LogP contribution in [0.4, 0.5) is 0 Å². The molecular weight excluding hydrogens is 262 g/mol. The number of hydrogen-bond acceptors (Lipinski definition) is 2. The van der Waals surface area contributed by atoms with Crippen molar-refractivity contribution in [2.45, 2.75) is 70.8 Å². The van der Waals surface area contributed by atoms with Crippen LogP contribution in [-0.2, 0) is 12.8 Å². The summed E-state index contributed by atoms with van der Waals surface area (Å²) in [5.74, 6) is 0. The summed E-state index contributed by atoms with van der Waals surface area (Å²) in [6.07, 6.45) is 14.6. The Kier molecular flexibility index (Phi) is 4.95. The third-order valence-electron chi connectivity index (χ3n) is 4.66. The zero-order valence-electron chi connectivity index (χ0n) is 12.7. The Balaban J connectivity index is 1.85. The molecule has 2 heteroatoms. The lowest BCUT2D eigenvalue weighted by Gasteiger charge is -2.23. The van der Waals surface area contributed by atoms with E-state index < -0.39 is 0 Å². The highest BCUT2D eigenvalue weighted by Gasteiger charge is 2.21. The van der Waals surface area contributed by atoms with E-state index in [1.165, 1.54) is 57.8 Å². The molecule has 20 heavy (non-hydrogen) atoms. The van der Waals surface area contributed by atoms with Gasteiger partial charge < -0.3 is 5.32 Å². The molecule has 1 unspecified atom stereocenters. The molecule has 1 heterocycles. The van der Waals surface area contributed by atoms with Crippen molar-refractivity contribution in [3.05, 3.63) is 33.0 Å². The minimum Gasteiger partial charge on any atom is -0.306 e. The van der Waals surface area contributed by atoms with Gasteiger partial charge in [0.2, 0.25) is 0 Å². The quantitative estimate of drug-likeness (QED) is 0.596. The second-order valence-electron chi connectivity index (χ2n) is 6.17. The molecule has 1 aromatic heterocycles. The third-order valence-corrected chi connectivity index (χ3v) is 5.96. The number of rotatable bonds is 4. The molecule has 0 bridgehead atoms. The normalized spacial score (nSPS) is 20.9. The van der Waals surface area contributed by atoms with Gasteiger partial charge in [0.25, 0.3) is 0 Å². The van der Waals surface area contributed by atoms with Crippen LogP contribution in [0.15, 0.2) is 17.7 Å². The molecule has 2 aliphatic rings. The molecule has 0 aliphatic heterocycles. The number of fused-ring (bicyclic) bond motifs is 1. The van der Waals surface area contributed by atoms with Gasteiger partial charge in [-0.15, -0.1) is 11.3 Å². The molecule has 1 nitrogen and oxygen atoms in total. The largest absolute Gasteiger partial charge is 0.306 e. The lowest BCUT2D eigenvalue weighted by molar-refractivity contribution is 0.569. The van der Waals surface area contributed by atoms with Crippen molar-refractivity contribution in [3.8, 4) is 0 Å². The van der Waals surface area contributed by atoms with Crippen LogP contribution in [0, 0.1) is 0 Å². The second kappa shape index (κ2) is 6.91. The molecule has 1 N–H and O–H groups in total. The van der Waals surface area contributed by atoms with Gasteiger partial charge in [-0.2, -0.15) is 0 Å². The molecule has 2 aliphatic carbocycles. The van der Waals surface area contributed by atoms with Crippen molar-refractivity contribution >= 4 is 11.3 Å². The van der Waals surface area contributed by atoms with Crippen LogP contribution in [0.2, 0.25) is 0 Å². The second-order valence-corrected chi connectivity index (χ2v) is 7.34. The van der Waals surface area contributed by atoms with E-state index in [4.69, 9.17) is 0 Å². The summed E-state index contributed by atoms with van der Waals surface area (Å²) in [6.45, 7) is 3.29. The molecule has 1 aromatic rings. The zero-order valence-corrected chi connectivity index (χ0v) is 13.5. The maximum Gasteiger partial charge on any atom is 0.0630 e. The summed E-state index contributed by atoms with van der Waals surface area (Å²) < 4.78 is 0. The Morgan fingerprint density at radius 2 is 1.95 bits per heavy atom. The van der Waals surface area contributed by atoms with Gasteiger partial charge in [0, 0.05) is 9.75 Å². The maximum atomic E-state index is 3.74. The molecule has 110 valence electrons. The van der Waals surface area contributed by atoms with Crippen LogP contribution < -0.4 is 5.32 Å². The number of nitrogens with one attached hydrogen (secondary N) is 1. The van der Waals surface area contributed by atoms with E-state index >= 15 is 0 Å². The van der Waals surface area contributed by atoms with Crippen LogP contribution in [0.1, 0.15) is 73.2 Å². The molecule has 0 fully saturated rings. The summed E-state index contributed by atoms with van der Waals surface area (Å²) in [5, 5.41) is 3.74. The summed E-state index contributed by atoms with van der Waals surface area (Å²) >= 11 is 2.09. The van der Waals surface area contributed by atoms with Gasteiger partial charge in [-0.3, -0.25) is 0 Å². The van der Waals surface area contributed by atoms with Gasteiger partial charge in [-0.1, -0.05) is 25.0 Å². The van der Waals surface area contributed by atoms with Crippen LogP contribution in [0.3, 0.4) is 0 Å². The Morgan fingerprint density at radius 1 is 1.10 bits per heavy atom. The SMILES string of the molecule is CCNC(C1=CCCCC1)c1cc2c(s1)CCCCC2. The fourth-order valence-electron chi connectivity index (χ4n) is 3.58. The Labute approximate surface area is 127 Å². The molecule has 0 aromatic carbocycles. The molecule has 0 radical (unpaired) electrons. The molecule has 0 saturated carbocycles. The first-order valence-corrected chi connectivity index (χ1v) is 9.24. The van der Waals surface area contributed by atoms with Gasteiger partial charge in [-0.25, -0.2) is 0 Å². The minimum absolute atomic E-state index is 0.497. The summed E-state index contributed by atoms with van der Waals surface area (Å²) in [5.41, 5.74) is 3.30. The van der Waals surface area contributed by atoms with Crippen molar-refractivity contribution in [3.63, 3.8) is 0 Å². The van der Waals surface area contributed by atoms with Gasteiger partial charge >= 0.3 is 0 Å². The first-order chi connectivity index (χ1) is 9.88. The predicted octanol–water partition coefficient (Wildman–Crippen LogP) is 5.17. The van der Waals surface area contributed by atoms with E-state index in [0.29, 0.717) is 6.04 Å². The smallest absolute Gasteiger partial charge is 0.0630 e. The summed E-state index contributed by atoms with van der Waals surface area (Å²) in [6, 6.07) is 3.02. The number of allylic oxidation sites excluding steroid dienone is 1. The Hall–Kier alpha value is -0.600. The summed E-state index contributed by atoms with van der Waals surface area (Å²) in [7, 11) is 0. The van der Waals surface area contributed by atoms with E-state index in [1.54, 1.807) is 20.9 Å². The van der Waals surface area contributed by atoms with E-state index in [-0.39, 0.29) is 0 Å². The highest BCUT2D eigenvalue weighted by atomic mass is 32.1. The van der Waals surface area contributed by atoms with Crippen molar-refractivity contribution in [1.82, 2.24) is 5.32 Å². The van der Waals surface area contributed by atoms with E-state index in [9.17, 15) is 0 Å². The van der Waals surface area contributed by atoms with Gasteiger partial charge in [-0.05, 0) is 69.5 Å². The monoisotopic (exact) mass is 289 g/mol. The number of aryl methyl sites for hydroxylation is 2. The Bertz CT molecular complexity index is 448. The lowest BCUT2D eigenvalue weighted by atomic mass is 9.92. The van der Waals surface area contributed by atoms with E-state index in [1.807, 2.05) is 0 Å². The highest BCUT2D eigenvalue weighted by Crippen LogP contribution is 2.37. The molecule has 0 saturated heterocycles. The first-order valence-electron chi connectivity index (χ1n) is 8.42. The van der Waals surface area contributed by atoms with Crippen molar-refractivity contribution in [2.24, 2.45) is 0 Å². The highest BCUT2D eigenvalue weighted by molar-refractivity contribution is 7.12. The van der Waals surface area contributed by atoms with Gasteiger partial charge in [0.15, 0.2) is 0 Å².